The van der Waals surface area contributed by atoms with E-state index in [1.165, 1.54) is 13.0 Å². The second-order valence-electron chi connectivity index (χ2n) is 4.66. The van der Waals surface area contributed by atoms with E-state index in [9.17, 15) is 12.8 Å². The van der Waals surface area contributed by atoms with Crippen LogP contribution in [0.25, 0.3) is 0 Å². The fraction of sp³-hybridized carbons (Fsp3) is 0.143. The molecule has 0 radical (unpaired) electrons. The third-order valence-electron chi connectivity index (χ3n) is 3.08. The Hall–Kier alpha value is -1.79. The zero-order valence-electron chi connectivity index (χ0n) is 11.4. The van der Waals surface area contributed by atoms with Gasteiger partial charge in [-0.3, -0.25) is 4.72 Å². The van der Waals surface area contributed by atoms with Crippen LogP contribution in [0, 0.1) is 19.7 Å². The monoisotopic (exact) mass is 328 g/mol. The van der Waals surface area contributed by atoms with Gasteiger partial charge in [0.1, 0.15) is 5.82 Å². The van der Waals surface area contributed by atoms with Crippen LogP contribution in [0.5, 0.6) is 0 Å². The van der Waals surface area contributed by atoms with Gasteiger partial charge in [0, 0.05) is 5.02 Å². The quantitative estimate of drug-likeness (QED) is 0.847. The molecule has 0 aliphatic rings. The van der Waals surface area contributed by atoms with Crippen LogP contribution in [0.15, 0.2) is 35.2 Å². The first kappa shape index (κ1) is 15.6. The van der Waals surface area contributed by atoms with Gasteiger partial charge >= 0.3 is 0 Å². The molecule has 0 amide bonds. The standard InChI is InChI=1S/C14H14ClFN2O2S/c1-8-6-10(7-12(17)14(8)16)21(19,20)18-13-5-3-4-11(15)9(13)2/h3-7,18H,17H2,1-2H3. The van der Waals surface area contributed by atoms with Crippen molar-refractivity contribution in [2.75, 3.05) is 10.5 Å². The van der Waals surface area contributed by atoms with E-state index in [1.807, 2.05) is 0 Å². The molecule has 4 nitrogen and oxygen atoms in total. The Morgan fingerprint density at radius 1 is 1.24 bits per heavy atom. The van der Waals surface area contributed by atoms with Crippen LogP contribution in [0.1, 0.15) is 11.1 Å². The molecule has 0 bridgehead atoms. The highest BCUT2D eigenvalue weighted by molar-refractivity contribution is 7.92. The minimum absolute atomic E-state index is 0.0988. The number of aryl methyl sites for hydroxylation is 1. The molecule has 0 aromatic heterocycles. The van der Waals surface area contributed by atoms with Crippen LogP contribution in [0.3, 0.4) is 0 Å². The summed E-state index contributed by atoms with van der Waals surface area (Å²) >= 11 is 5.96. The molecule has 0 aliphatic carbocycles. The molecular weight excluding hydrogens is 315 g/mol. The second-order valence-corrected chi connectivity index (χ2v) is 6.75. The Labute approximate surface area is 127 Å². The Kier molecular flexibility index (Phi) is 4.11. The Balaban J connectivity index is 2.46. The van der Waals surface area contributed by atoms with Crippen LogP contribution in [-0.4, -0.2) is 8.42 Å². The summed E-state index contributed by atoms with van der Waals surface area (Å²) in [6.45, 7) is 3.15. The van der Waals surface area contributed by atoms with Gasteiger partial charge in [-0.25, -0.2) is 12.8 Å². The van der Waals surface area contributed by atoms with Crippen LogP contribution in [0.2, 0.25) is 5.02 Å². The maximum absolute atomic E-state index is 13.5. The van der Waals surface area contributed by atoms with Crippen molar-refractivity contribution in [1.82, 2.24) is 0 Å². The number of hydrogen-bond acceptors (Lipinski definition) is 3. The average molecular weight is 329 g/mol. The highest BCUT2D eigenvalue weighted by Gasteiger charge is 2.18. The normalized spacial score (nSPS) is 11.4. The first-order chi connectivity index (χ1) is 9.72. The summed E-state index contributed by atoms with van der Waals surface area (Å²) in [6.07, 6.45) is 0. The molecule has 2 aromatic rings. The lowest BCUT2D eigenvalue weighted by molar-refractivity contribution is 0.599. The van der Waals surface area contributed by atoms with E-state index in [0.29, 0.717) is 16.3 Å². The summed E-state index contributed by atoms with van der Waals surface area (Å²) in [6, 6.07) is 7.21. The fourth-order valence-corrected chi connectivity index (χ4v) is 3.26. The molecule has 0 heterocycles. The smallest absolute Gasteiger partial charge is 0.261 e. The molecule has 7 heteroatoms. The van der Waals surface area contributed by atoms with Crippen molar-refractivity contribution in [1.29, 1.82) is 0 Å². The Morgan fingerprint density at radius 2 is 1.90 bits per heavy atom. The lowest BCUT2D eigenvalue weighted by Crippen LogP contribution is -2.15. The van der Waals surface area contributed by atoms with Gasteiger partial charge in [-0.1, -0.05) is 17.7 Å². The van der Waals surface area contributed by atoms with Crippen LogP contribution >= 0.6 is 11.6 Å². The number of rotatable bonds is 3. The zero-order chi connectivity index (χ0) is 15.8. The van der Waals surface area contributed by atoms with Gasteiger partial charge in [0.2, 0.25) is 0 Å². The van der Waals surface area contributed by atoms with Gasteiger partial charge in [-0.05, 0) is 49.2 Å². The predicted molar refractivity (Wildman–Crippen MR) is 82.5 cm³/mol. The van der Waals surface area contributed by atoms with Gasteiger partial charge in [-0.2, -0.15) is 0 Å². The molecule has 0 spiro atoms. The molecule has 0 saturated heterocycles. The van der Waals surface area contributed by atoms with Gasteiger partial charge in [-0.15, -0.1) is 0 Å². The molecule has 21 heavy (non-hydrogen) atoms. The van der Waals surface area contributed by atoms with E-state index in [1.54, 1.807) is 25.1 Å². The first-order valence-corrected chi connectivity index (χ1v) is 7.92. The molecule has 0 atom stereocenters. The maximum Gasteiger partial charge on any atom is 0.261 e. The number of nitrogen functional groups attached to an aromatic ring is 1. The lowest BCUT2D eigenvalue weighted by Gasteiger charge is -2.12. The lowest BCUT2D eigenvalue weighted by atomic mass is 10.2. The summed E-state index contributed by atoms with van der Waals surface area (Å²) in [4.78, 5) is -0.0988. The number of sulfonamides is 1. The predicted octanol–water partition coefficient (Wildman–Crippen LogP) is 3.48. The third-order valence-corrected chi connectivity index (χ3v) is 4.83. The van der Waals surface area contributed by atoms with Crippen molar-refractivity contribution in [3.8, 4) is 0 Å². The van der Waals surface area contributed by atoms with E-state index in [4.69, 9.17) is 17.3 Å². The molecule has 0 saturated carbocycles. The van der Waals surface area contributed by atoms with E-state index in [-0.39, 0.29) is 16.1 Å². The summed E-state index contributed by atoms with van der Waals surface area (Å²) in [5.41, 5.74) is 6.40. The molecule has 2 aromatic carbocycles. The van der Waals surface area contributed by atoms with E-state index < -0.39 is 15.8 Å². The van der Waals surface area contributed by atoms with Crippen molar-refractivity contribution < 1.29 is 12.8 Å². The first-order valence-electron chi connectivity index (χ1n) is 6.06. The van der Waals surface area contributed by atoms with E-state index >= 15 is 0 Å². The number of halogens is 2. The van der Waals surface area contributed by atoms with E-state index in [0.717, 1.165) is 6.07 Å². The summed E-state index contributed by atoms with van der Waals surface area (Å²) < 4.78 is 40.6. The molecule has 3 N–H and O–H groups in total. The maximum atomic E-state index is 13.5. The molecule has 112 valence electrons. The minimum atomic E-state index is -3.87. The van der Waals surface area contributed by atoms with Crippen LogP contribution in [0.4, 0.5) is 15.8 Å². The summed E-state index contributed by atoms with van der Waals surface area (Å²) in [5.74, 6) is -0.618. The topological polar surface area (TPSA) is 72.2 Å². The van der Waals surface area contributed by atoms with Gasteiger partial charge in [0.05, 0.1) is 16.3 Å². The third kappa shape index (κ3) is 3.11. The number of benzene rings is 2. The highest BCUT2D eigenvalue weighted by atomic mass is 35.5. The zero-order valence-corrected chi connectivity index (χ0v) is 13.0. The van der Waals surface area contributed by atoms with Gasteiger partial charge in [0.25, 0.3) is 10.0 Å². The highest BCUT2D eigenvalue weighted by Crippen LogP contribution is 2.27. The van der Waals surface area contributed by atoms with Crippen LogP contribution in [-0.2, 0) is 10.0 Å². The molecule has 0 aliphatic heterocycles. The molecule has 0 fully saturated rings. The van der Waals surface area contributed by atoms with Crippen molar-refractivity contribution in [3.63, 3.8) is 0 Å². The fourth-order valence-electron chi connectivity index (χ4n) is 1.84. The summed E-state index contributed by atoms with van der Waals surface area (Å²) in [5, 5.41) is 0.449. The van der Waals surface area contributed by atoms with Crippen molar-refractivity contribution >= 4 is 33.0 Å². The number of anilines is 2. The number of hydrogen-bond donors (Lipinski definition) is 2. The molecule has 2 rings (SSSR count). The van der Waals surface area contributed by atoms with Crippen molar-refractivity contribution in [2.24, 2.45) is 0 Å². The van der Waals surface area contributed by atoms with Crippen molar-refractivity contribution in [3.05, 3.63) is 52.3 Å². The second kappa shape index (κ2) is 5.54. The minimum Gasteiger partial charge on any atom is -0.396 e. The Bertz CT molecular complexity index is 784. The van der Waals surface area contributed by atoms with Crippen LogP contribution < -0.4 is 10.5 Å². The Morgan fingerprint density at radius 3 is 2.52 bits per heavy atom. The van der Waals surface area contributed by atoms with Gasteiger partial charge < -0.3 is 5.73 Å². The molecule has 0 unspecified atom stereocenters. The average Bonchev–Trinajstić information content (AvgIpc) is 2.40. The largest absolute Gasteiger partial charge is 0.396 e. The van der Waals surface area contributed by atoms with Crippen molar-refractivity contribution in [2.45, 2.75) is 18.7 Å². The SMILES string of the molecule is Cc1cc(S(=O)(=O)Nc2cccc(Cl)c2C)cc(N)c1F. The summed E-state index contributed by atoms with van der Waals surface area (Å²) in [7, 11) is -3.87. The number of nitrogens with one attached hydrogen (secondary N) is 1. The van der Waals surface area contributed by atoms with E-state index in [2.05, 4.69) is 4.72 Å². The molecular formula is C14H14ClFN2O2S. The van der Waals surface area contributed by atoms with Gasteiger partial charge in [0.15, 0.2) is 0 Å². The number of nitrogens with two attached hydrogens (primary N) is 1.